The van der Waals surface area contributed by atoms with E-state index in [-0.39, 0.29) is 16.2 Å². The Morgan fingerprint density at radius 3 is 2.64 bits per heavy atom. The van der Waals surface area contributed by atoms with E-state index in [2.05, 4.69) is 29.8 Å². The number of imidazole rings is 1. The zero-order chi connectivity index (χ0) is 17.4. The first-order chi connectivity index (χ1) is 12.1. The van der Waals surface area contributed by atoms with Gasteiger partial charge in [0.05, 0.1) is 11.9 Å². The van der Waals surface area contributed by atoms with Crippen LogP contribution in [0.3, 0.4) is 0 Å². The van der Waals surface area contributed by atoms with Crippen LogP contribution in [0.4, 0.5) is 5.82 Å². The number of rotatable bonds is 2. The van der Waals surface area contributed by atoms with Crippen LogP contribution in [0, 0.1) is 0 Å². The van der Waals surface area contributed by atoms with Crippen LogP contribution >= 0.6 is 23.2 Å². The zero-order valence-electron chi connectivity index (χ0n) is 13.0. The first kappa shape index (κ1) is 16.0. The number of piperazine rings is 1. The molecule has 0 aromatic carbocycles. The molecule has 25 heavy (non-hydrogen) atoms. The Hall–Kier alpha value is -2.45. The van der Waals surface area contributed by atoms with Gasteiger partial charge in [-0.3, -0.25) is 4.79 Å². The molecule has 3 aromatic rings. The van der Waals surface area contributed by atoms with Gasteiger partial charge < -0.3 is 14.8 Å². The highest BCUT2D eigenvalue weighted by atomic mass is 35.5. The van der Waals surface area contributed by atoms with Gasteiger partial charge in [0.15, 0.2) is 11.5 Å². The number of halogens is 2. The molecule has 0 aliphatic carbocycles. The number of fused-ring (bicyclic) bond motifs is 1. The van der Waals surface area contributed by atoms with Crippen molar-refractivity contribution in [3.8, 4) is 0 Å². The number of pyridine rings is 1. The fourth-order valence-electron chi connectivity index (χ4n) is 2.86. The lowest BCUT2D eigenvalue weighted by Gasteiger charge is -2.35. The fourth-order valence-corrected chi connectivity index (χ4v) is 3.28. The van der Waals surface area contributed by atoms with E-state index in [0.29, 0.717) is 37.4 Å². The molecule has 128 valence electrons. The van der Waals surface area contributed by atoms with Gasteiger partial charge in [-0.15, -0.1) is 0 Å². The van der Waals surface area contributed by atoms with Crippen molar-refractivity contribution in [2.24, 2.45) is 0 Å². The van der Waals surface area contributed by atoms with Gasteiger partial charge in [-0.1, -0.05) is 23.2 Å². The largest absolute Gasteiger partial charge is 0.351 e. The molecule has 1 amide bonds. The summed E-state index contributed by atoms with van der Waals surface area (Å²) in [6, 6.07) is 3.16. The fraction of sp³-hybridized carbons (Fsp3) is 0.267. The Labute approximate surface area is 152 Å². The molecule has 1 aliphatic rings. The normalized spacial score (nSPS) is 15.0. The van der Waals surface area contributed by atoms with E-state index in [1.165, 1.54) is 6.33 Å². The molecular weight excluding hydrogens is 365 g/mol. The number of nitrogens with one attached hydrogen (secondary N) is 1. The molecule has 0 bridgehead atoms. The molecule has 3 aromatic heterocycles. The van der Waals surface area contributed by atoms with Gasteiger partial charge in [-0.05, 0) is 12.1 Å². The number of hydrogen-bond acceptors (Lipinski definition) is 6. The number of aromatic nitrogens is 5. The molecule has 4 rings (SSSR count). The van der Waals surface area contributed by atoms with E-state index >= 15 is 0 Å². The minimum Gasteiger partial charge on any atom is -0.351 e. The van der Waals surface area contributed by atoms with Crippen LogP contribution in [-0.4, -0.2) is 61.9 Å². The smallest absolute Gasteiger partial charge is 0.257 e. The third kappa shape index (κ3) is 2.98. The second-order valence-electron chi connectivity index (χ2n) is 5.55. The van der Waals surface area contributed by atoms with Crippen molar-refractivity contribution in [3.05, 3.63) is 40.7 Å². The summed E-state index contributed by atoms with van der Waals surface area (Å²) in [7, 11) is 0. The molecule has 0 spiro atoms. The van der Waals surface area contributed by atoms with Crippen molar-refractivity contribution in [3.63, 3.8) is 0 Å². The van der Waals surface area contributed by atoms with E-state index in [9.17, 15) is 4.79 Å². The highest BCUT2D eigenvalue weighted by molar-refractivity contribution is 6.34. The first-order valence-electron chi connectivity index (χ1n) is 7.64. The molecule has 8 nitrogen and oxygen atoms in total. The van der Waals surface area contributed by atoms with E-state index < -0.39 is 0 Å². The number of amides is 1. The molecule has 1 fully saturated rings. The maximum Gasteiger partial charge on any atom is 0.257 e. The molecule has 1 saturated heterocycles. The van der Waals surface area contributed by atoms with Gasteiger partial charge in [0.1, 0.15) is 22.2 Å². The lowest BCUT2D eigenvalue weighted by Crippen LogP contribution is -2.49. The van der Waals surface area contributed by atoms with Crippen molar-refractivity contribution < 1.29 is 4.79 Å². The molecule has 0 radical (unpaired) electrons. The van der Waals surface area contributed by atoms with Crippen molar-refractivity contribution >= 4 is 46.1 Å². The van der Waals surface area contributed by atoms with Gasteiger partial charge in [0.2, 0.25) is 0 Å². The molecule has 10 heteroatoms. The lowest BCUT2D eigenvalue weighted by molar-refractivity contribution is 0.0746. The van der Waals surface area contributed by atoms with Gasteiger partial charge >= 0.3 is 0 Å². The van der Waals surface area contributed by atoms with Crippen molar-refractivity contribution in [2.45, 2.75) is 0 Å². The minimum absolute atomic E-state index is 0.120. The molecule has 4 heterocycles. The highest BCUT2D eigenvalue weighted by Crippen LogP contribution is 2.23. The van der Waals surface area contributed by atoms with Gasteiger partial charge in [-0.25, -0.2) is 19.9 Å². The summed E-state index contributed by atoms with van der Waals surface area (Å²) in [6.07, 6.45) is 3.09. The van der Waals surface area contributed by atoms with Crippen LogP contribution in [0.1, 0.15) is 10.4 Å². The number of carbonyl (C=O) groups is 1. The summed E-state index contributed by atoms with van der Waals surface area (Å²) in [5, 5.41) is 0.383. The molecular formula is C15H13Cl2N7O. The molecule has 1 N–H and O–H groups in total. The quantitative estimate of drug-likeness (QED) is 0.686. The van der Waals surface area contributed by atoms with E-state index in [1.54, 1.807) is 23.4 Å². The zero-order valence-corrected chi connectivity index (χ0v) is 14.5. The average Bonchev–Trinajstić information content (AvgIpc) is 3.10. The lowest BCUT2D eigenvalue weighted by atomic mass is 10.2. The Balaban J connectivity index is 1.50. The second-order valence-corrected chi connectivity index (χ2v) is 6.30. The molecule has 0 unspecified atom stereocenters. The predicted octanol–water partition coefficient (Wildman–Crippen LogP) is 2.02. The Bertz CT molecular complexity index is 937. The number of nitrogens with zero attached hydrogens (tertiary/aromatic N) is 6. The van der Waals surface area contributed by atoms with Crippen LogP contribution in [-0.2, 0) is 0 Å². The summed E-state index contributed by atoms with van der Waals surface area (Å²) in [5.41, 5.74) is 1.78. The van der Waals surface area contributed by atoms with E-state index in [1.807, 2.05) is 0 Å². The third-order valence-electron chi connectivity index (χ3n) is 4.11. The molecule has 1 aliphatic heterocycles. The number of carbonyl (C=O) groups excluding carboxylic acids is 1. The summed E-state index contributed by atoms with van der Waals surface area (Å²) in [5.74, 6) is 0.643. The average molecular weight is 378 g/mol. The van der Waals surface area contributed by atoms with Crippen molar-refractivity contribution in [1.82, 2.24) is 29.8 Å². The predicted molar refractivity (Wildman–Crippen MR) is 94.1 cm³/mol. The van der Waals surface area contributed by atoms with E-state index in [4.69, 9.17) is 23.2 Å². The van der Waals surface area contributed by atoms with Gasteiger partial charge in [0, 0.05) is 26.2 Å². The van der Waals surface area contributed by atoms with Gasteiger partial charge in [-0.2, -0.15) is 0 Å². The number of hydrogen-bond donors (Lipinski definition) is 1. The molecule has 0 saturated carbocycles. The van der Waals surface area contributed by atoms with Crippen LogP contribution in [0.25, 0.3) is 11.2 Å². The number of anilines is 1. The van der Waals surface area contributed by atoms with Crippen LogP contribution in [0.5, 0.6) is 0 Å². The maximum absolute atomic E-state index is 12.6. The monoisotopic (exact) mass is 377 g/mol. The Kier molecular flexibility index (Phi) is 4.14. The van der Waals surface area contributed by atoms with Crippen molar-refractivity contribution in [2.75, 3.05) is 31.1 Å². The standard InChI is InChI=1S/C15H13Cl2N7O/c16-10-2-1-9(12(17)22-10)15(25)24-5-3-23(4-6-24)14-11-13(19-7-18-11)20-8-21-14/h1-2,7-8H,3-6H2,(H,18,19,20,21). The summed E-state index contributed by atoms with van der Waals surface area (Å²) in [6.45, 7) is 2.40. The van der Waals surface area contributed by atoms with Crippen molar-refractivity contribution in [1.29, 1.82) is 0 Å². The Morgan fingerprint density at radius 2 is 1.88 bits per heavy atom. The van der Waals surface area contributed by atoms with Crippen LogP contribution in [0.2, 0.25) is 10.3 Å². The van der Waals surface area contributed by atoms with Crippen LogP contribution < -0.4 is 4.90 Å². The number of aromatic amines is 1. The summed E-state index contributed by atoms with van der Waals surface area (Å²) in [4.78, 5) is 36.1. The van der Waals surface area contributed by atoms with Gasteiger partial charge in [0.25, 0.3) is 5.91 Å². The second kappa shape index (κ2) is 6.45. The minimum atomic E-state index is -0.150. The highest BCUT2D eigenvalue weighted by Gasteiger charge is 2.26. The summed E-state index contributed by atoms with van der Waals surface area (Å²) < 4.78 is 0. The molecule has 0 atom stereocenters. The topological polar surface area (TPSA) is 90.9 Å². The Morgan fingerprint density at radius 1 is 1.08 bits per heavy atom. The number of H-pyrrole nitrogens is 1. The maximum atomic E-state index is 12.6. The summed E-state index contributed by atoms with van der Waals surface area (Å²) >= 11 is 11.8. The third-order valence-corrected chi connectivity index (χ3v) is 4.61. The first-order valence-corrected chi connectivity index (χ1v) is 8.39. The van der Waals surface area contributed by atoms with Crippen LogP contribution in [0.15, 0.2) is 24.8 Å². The SMILES string of the molecule is O=C(c1ccc(Cl)nc1Cl)N1CCN(c2ncnc3nc[nH]c23)CC1. The van der Waals surface area contributed by atoms with E-state index in [0.717, 1.165) is 11.3 Å².